The Kier molecular flexibility index (Phi) is 4.72. The molecule has 1 unspecified atom stereocenters. The fraction of sp³-hybridized carbons (Fsp3) is 0.727. The first-order chi connectivity index (χ1) is 6.06. The lowest BCUT2D eigenvalue weighted by Crippen LogP contribution is -2.51. The van der Waals surface area contributed by atoms with Crippen molar-refractivity contribution in [3.05, 3.63) is 0 Å². The maximum Gasteiger partial charge on any atom is 0.225 e. The van der Waals surface area contributed by atoms with Gasteiger partial charge in [0.1, 0.15) is 0 Å². The maximum atomic E-state index is 11.5. The molecular weight excluding hydrogens is 162 g/mol. The van der Waals surface area contributed by atoms with Crippen LogP contribution in [0, 0.1) is 12.3 Å². The van der Waals surface area contributed by atoms with E-state index in [0.29, 0.717) is 0 Å². The Morgan fingerprint density at radius 2 is 1.85 bits per heavy atom. The molecule has 0 saturated heterocycles. The third-order valence-electron chi connectivity index (χ3n) is 2.77. The average molecular weight is 181 g/mol. The Hall–Kier alpha value is -0.810. The van der Waals surface area contributed by atoms with Gasteiger partial charge < -0.3 is 0 Å². The topological polar surface area (TPSA) is 20.3 Å². The first kappa shape index (κ1) is 12.2. The molecule has 0 radical (unpaired) electrons. The molecule has 0 N–H and O–H groups in total. The second-order valence-electron chi connectivity index (χ2n) is 3.27. The molecule has 0 aromatic carbocycles. The molecule has 0 saturated carbocycles. The number of rotatable bonds is 5. The molecule has 2 nitrogen and oxygen atoms in total. The quantitative estimate of drug-likeness (QED) is 0.475. The van der Waals surface area contributed by atoms with Crippen molar-refractivity contribution in [2.45, 2.75) is 39.7 Å². The van der Waals surface area contributed by atoms with E-state index in [1.165, 1.54) is 0 Å². The van der Waals surface area contributed by atoms with Crippen LogP contribution in [-0.4, -0.2) is 29.3 Å². The van der Waals surface area contributed by atoms with Gasteiger partial charge in [0.2, 0.25) is 5.78 Å². The zero-order chi connectivity index (χ0) is 10.5. The van der Waals surface area contributed by atoms with Crippen molar-refractivity contribution < 1.29 is 4.79 Å². The average Bonchev–Trinajstić information content (AvgIpc) is 2.17. The van der Waals surface area contributed by atoms with E-state index in [1.54, 1.807) is 0 Å². The van der Waals surface area contributed by atoms with Gasteiger partial charge in [0.05, 0.1) is 5.54 Å². The minimum atomic E-state index is -0.474. The summed E-state index contributed by atoms with van der Waals surface area (Å²) in [6.45, 7) is 9.71. The monoisotopic (exact) mass is 181 g/mol. The molecule has 0 rings (SSSR count). The second kappa shape index (κ2) is 5.04. The van der Waals surface area contributed by atoms with E-state index in [-0.39, 0.29) is 5.78 Å². The minimum absolute atomic E-state index is 0.112. The Labute approximate surface area is 81.3 Å². The van der Waals surface area contributed by atoms with Crippen LogP contribution in [0.15, 0.2) is 0 Å². The molecule has 0 aliphatic heterocycles. The molecule has 0 aromatic rings. The van der Waals surface area contributed by atoms with E-state index in [9.17, 15) is 4.79 Å². The lowest BCUT2D eigenvalue weighted by atomic mass is 9.91. The molecule has 74 valence electrons. The molecule has 0 fully saturated rings. The second-order valence-corrected chi connectivity index (χ2v) is 3.27. The van der Waals surface area contributed by atoms with Crippen LogP contribution >= 0.6 is 0 Å². The highest BCUT2D eigenvalue weighted by atomic mass is 16.1. The molecule has 0 amide bonds. The highest BCUT2D eigenvalue weighted by Gasteiger charge is 2.34. The van der Waals surface area contributed by atoms with E-state index in [0.717, 1.165) is 19.5 Å². The largest absolute Gasteiger partial charge is 0.291 e. The van der Waals surface area contributed by atoms with E-state index < -0.39 is 5.54 Å². The van der Waals surface area contributed by atoms with Gasteiger partial charge >= 0.3 is 0 Å². The molecule has 0 heterocycles. The number of terminal acetylenes is 1. The molecule has 1 atom stereocenters. The molecule has 13 heavy (non-hydrogen) atoms. The Morgan fingerprint density at radius 1 is 1.38 bits per heavy atom. The summed E-state index contributed by atoms with van der Waals surface area (Å²) < 4.78 is 0. The van der Waals surface area contributed by atoms with Crippen LogP contribution in [0.5, 0.6) is 0 Å². The third-order valence-corrected chi connectivity index (χ3v) is 2.77. The van der Waals surface area contributed by atoms with Gasteiger partial charge in [-0.15, -0.1) is 6.42 Å². The van der Waals surface area contributed by atoms with Gasteiger partial charge in [-0.3, -0.25) is 9.69 Å². The van der Waals surface area contributed by atoms with Crippen molar-refractivity contribution in [1.82, 2.24) is 4.90 Å². The van der Waals surface area contributed by atoms with Gasteiger partial charge in [-0.25, -0.2) is 0 Å². The van der Waals surface area contributed by atoms with Gasteiger partial charge in [0, 0.05) is 0 Å². The van der Waals surface area contributed by atoms with Gasteiger partial charge in [0.25, 0.3) is 0 Å². The normalized spacial score (nSPS) is 15.1. The van der Waals surface area contributed by atoms with Crippen LogP contribution in [0.3, 0.4) is 0 Å². The summed E-state index contributed by atoms with van der Waals surface area (Å²) in [6, 6.07) is 0. The van der Waals surface area contributed by atoms with Gasteiger partial charge in [-0.2, -0.15) is 0 Å². The standard InChI is InChI=1S/C11H19NO/c1-6-10(13)11(5,7-2)12(8-3)9-4/h1H,7-9H2,2-5H3. The minimum Gasteiger partial charge on any atom is -0.291 e. The third kappa shape index (κ3) is 2.32. The van der Waals surface area contributed by atoms with Crippen LogP contribution < -0.4 is 0 Å². The summed E-state index contributed by atoms with van der Waals surface area (Å²) in [5.41, 5.74) is -0.474. The number of ketones is 1. The van der Waals surface area contributed by atoms with E-state index in [1.807, 2.05) is 27.7 Å². The van der Waals surface area contributed by atoms with Gasteiger partial charge in [-0.05, 0) is 32.4 Å². The molecule has 0 aliphatic carbocycles. The molecule has 2 heteroatoms. The highest BCUT2D eigenvalue weighted by Crippen LogP contribution is 2.19. The van der Waals surface area contributed by atoms with Gasteiger partial charge in [-0.1, -0.05) is 20.8 Å². The Balaban J connectivity index is 4.81. The van der Waals surface area contributed by atoms with E-state index in [2.05, 4.69) is 10.8 Å². The predicted octanol–water partition coefficient (Wildman–Crippen LogP) is 1.70. The number of hydrogen-bond donors (Lipinski definition) is 0. The van der Waals surface area contributed by atoms with Crippen LogP contribution in [0.4, 0.5) is 0 Å². The zero-order valence-corrected chi connectivity index (χ0v) is 9.05. The fourth-order valence-electron chi connectivity index (χ4n) is 1.60. The predicted molar refractivity (Wildman–Crippen MR) is 55.5 cm³/mol. The maximum absolute atomic E-state index is 11.5. The van der Waals surface area contributed by atoms with E-state index in [4.69, 9.17) is 6.42 Å². The van der Waals surface area contributed by atoms with Crippen molar-refractivity contribution in [2.24, 2.45) is 0 Å². The number of carbonyl (C=O) groups is 1. The molecule has 0 bridgehead atoms. The molecule has 0 spiro atoms. The summed E-state index contributed by atoms with van der Waals surface area (Å²) in [6.07, 6.45) is 5.92. The summed E-state index contributed by atoms with van der Waals surface area (Å²) >= 11 is 0. The van der Waals surface area contributed by atoms with Crippen molar-refractivity contribution in [3.8, 4) is 12.3 Å². The number of nitrogens with zero attached hydrogens (tertiary/aromatic N) is 1. The van der Waals surface area contributed by atoms with Crippen LogP contribution in [-0.2, 0) is 4.79 Å². The lowest BCUT2D eigenvalue weighted by Gasteiger charge is -2.36. The Morgan fingerprint density at radius 3 is 2.08 bits per heavy atom. The van der Waals surface area contributed by atoms with Crippen molar-refractivity contribution in [1.29, 1.82) is 0 Å². The number of carbonyl (C=O) groups excluding carboxylic acids is 1. The fourth-order valence-corrected chi connectivity index (χ4v) is 1.60. The number of hydrogen-bond acceptors (Lipinski definition) is 2. The molecule has 0 aliphatic rings. The van der Waals surface area contributed by atoms with Crippen molar-refractivity contribution in [3.63, 3.8) is 0 Å². The first-order valence-corrected chi connectivity index (χ1v) is 4.82. The van der Waals surface area contributed by atoms with Crippen LogP contribution in [0.2, 0.25) is 0 Å². The SMILES string of the molecule is C#CC(=O)C(C)(CC)N(CC)CC. The molecular formula is C11H19NO. The first-order valence-electron chi connectivity index (χ1n) is 4.82. The molecule has 0 aromatic heterocycles. The summed E-state index contributed by atoms with van der Waals surface area (Å²) in [5, 5.41) is 0. The van der Waals surface area contributed by atoms with Crippen LogP contribution in [0.25, 0.3) is 0 Å². The summed E-state index contributed by atoms with van der Waals surface area (Å²) in [5.74, 6) is 2.11. The number of Topliss-reactive ketones (excluding diaryl/α,β-unsaturated/α-hetero) is 1. The van der Waals surface area contributed by atoms with Crippen LogP contribution in [0.1, 0.15) is 34.1 Å². The lowest BCUT2D eigenvalue weighted by molar-refractivity contribution is -0.124. The highest BCUT2D eigenvalue weighted by molar-refractivity contribution is 6.02. The van der Waals surface area contributed by atoms with E-state index >= 15 is 0 Å². The van der Waals surface area contributed by atoms with Crippen molar-refractivity contribution >= 4 is 5.78 Å². The summed E-state index contributed by atoms with van der Waals surface area (Å²) in [7, 11) is 0. The summed E-state index contributed by atoms with van der Waals surface area (Å²) in [4.78, 5) is 13.7. The van der Waals surface area contributed by atoms with Crippen molar-refractivity contribution in [2.75, 3.05) is 13.1 Å². The Bertz CT molecular complexity index is 213. The smallest absolute Gasteiger partial charge is 0.225 e. The number of likely N-dealkylation sites (N-methyl/N-ethyl adjacent to an activating group) is 1. The zero-order valence-electron chi connectivity index (χ0n) is 9.05. The van der Waals surface area contributed by atoms with Gasteiger partial charge in [0.15, 0.2) is 0 Å².